The van der Waals surface area contributed by atoms with Crippen molar-refractivity contribution >= 4 is 5.91 Å². The van der Waals surface area contributed by atoms with Crippen LogP contribution in [0.3, 0.4) is 0 Å². The van der Waals surface area contributed by atoms with Crippen LogP contribution in [0.1, 0.15) is 40.7 Å². The lowest BCUT2D eigenvalue weighted by Crippen LogP contribution is -2.17. The number of benzene rings is 2. The molecule has 0 radical (unpaired) electrons. The van der Waals surface area contributed by atoms with Crippen LogP contribution in [0, 0.1) is 6.92 Å². The minimum absolute atomic E-state index is 0.334. The topological polar surface area (TPSA) is 57.2 Å². The predicted molar refractivity (Wildman–Crippen MR) is 114 cm³/mol. The minimum Gasteiger partial charge on any atom is -0.406 e. The lowest BCUT2D eigenvalue weighted by atomic mass is 9.98. The number of halogens is 3. The maximum absolute atomic E-state index is 12.7. The number of carbonyl (C=O) groups is 1. The fourth-order valence-corrected chi connectivity index (χ4v) is 3.94. The number of rotatable bonds is 8. The van der Waals surface area contributed by atoms with Crippen LogP contribution in [-0.2, 0) is 19.4 Å². The Labute approximate surface area is 179 Å². The zero-order valence-electron chi connectivity index (χ0n) is 17.5. The van der Waals surface area contributed by atoms with E-state index in [2.05, 4.69) is 9.30 Å². The van der Waals surface area contributed by atoms with Crippen molar-refractivity contribution in [2.45, 2.75) is 46.0 Å². The Morgan fingerprint density at radius 1 is 1.06 bits per heavy atom. The van der Waals surface area contributed by atoms with Crippen molar-refractivity contribution in [1.82, 2.24) is 4.57 Å². The van der Waals surface area contributed by atoms with Crippen molar-refractivity contribution in [3.8, 4) is 16.9 Å². The molecule has 3 rings (SSSR count). The second-order valence-corrected chi connectivity index (χ2v) is 7.36. The highest BCUT2D eigenvalue weighted by atomic mass is 19.4. The van der Waals surface area contributed by atoms with Gasteiger partial charge in [0.25, 0.3) is 5.91 Å². The molecule has 1 aromatic heterocycles. The highest BCUT2D eigenvalue weighted by molar-refractivity contribution is 6.02. The zero-order chi connectivity index (χ0) is 22.6. The normalized spacial score (nSPS) is 11.5. The van der Waals surface area contributed by atoms with Gasteiger partial charge in [-0.3, -0.25) is 4.79 Å². The van der Waals surface area contributed by atoms with Crippen LogP contribution < -0.4 is 10.5 Å². The molecule has 0 saturated carbocycles. The Kier molecular flexibility index (Phi) is 6.73. The molecule has 31 heavy (non-hydrogen) atoms. The summed E-state index contributed by atoms with van der Waals surface area (Å²) in [6, 6.07) is 15.6. The molecule has 0 aliphatic heterocycles. The number of nitrogens with two attached hydrogens (primary N) is 1. The molecule has 1 heterocycles. The number of aromatic nitrogens is 1. The van der Waals surface area contributed by atoms with Crippen molar-refractivity contribution < 1.29 is 22.7 Å². The van der Waals surface area contributed by atoms with Gasteiger partial charge in [0, 0.05) is 23.5 Å². The third-order valence-electron chi connectivity index (χ3n) is 5.19. The average molecular weight is 430 g/mol. The number of hydrogen-bond acceptors (Lipinski definition) is 2. The van der Waals surface area contributed by atoms with E-state index < -0.39 is 12.3 Å². The highest BCUT2D eigenvalue weighted by Gasteiger charge is 2.31. The summed E-state index contributed by atoms with van der Waals surface area (Å²) >= 11 is 0. The number of carbonyl (C=O) groups excluding carboxylic acids is 1. The van der Waals surface area contributed by atoms with Crippen molar-refractivity contribution in [2.24, 2.45) is 5.73 Å². The Hall–Kier alpha value is -3.22. The molecule has 2 aromatic carbocycles. The molecule has 3 aromatic rings. The molecule has 4 nitrogen and oxygen atoms in total. The molecular weight excluding hydrogens is 405 g/mol. The van der Waals surface area contributed by atoms with Gasteiger partial charge >= 0.3 is 6.36 Å². The average Bonchev–Trinajstić information content (AvgIpc) is 2.98. The van der Waals surface area contributed by atoms with Crippen molar-refractivity contribution in [1.29, 1.82) is 0 Å². The zero-order valence-corrected chi connectivity index (χ0v) is 17.5. The molecular formula is C24H25F3N2O2. The van der Waals surface area contributed by atoms with Crippen LogP contribution in [0.15, 0.2) is 54.6 Å². The summed E-state index contributed by atoms with van der Waals surface area (Å²) < 4.78 is 44.3. The fourth-order valence-electron chi connectivity index (χ4n) is 3.94. The minimum atomic E-state index is -4.80. The summed E-state index contributed by atoms with van der Waals surface area (Å²) in [4.78, 5) is 12.4. The Morgan fingerprint density at radius 2 is 1.77 bits per heavy atom. The van der Waals surface area contributed by atoms with Gasteiger partial charge in [-0.25, -0.2) is 0 Å². The molecule has 0 unspecified atom stereocenters. The van der Waals surface area contributed by atoms with Gasteiger partial charge in [0.05, 0.1) is 5.56 Å². The van der Waals surface area contributed by atoms with Crippen LogP contribution in [0.4, 0.5) is 13.2 Å². The second-order valence-electron chi connectivity index (χ2n) is 7.36. The maximum Gasteiger partial charge on any atom is 0.573 e. The number of amides is 1. The van der Waals surface area contributed by atoms with Gasteiger partial charge in [0.15, 0.2) is 0 Å². The van der Waals surface area contributed by atoms with Crippen molar-refractivity contribution in [3.63, 3.8) is 0 Å². The summed E-state index contributed by atoms with van der Waals surface area (Å²) in [6.07, 6.45) is -2.59. The van der Waals surface area contributed by atoms with Crippen molar-refractivity contribution in [3.05, 3.63) is 77.1 Å². The first-order chi connectivity index (χ1) is 14.7. The number of aryl methyl sites for hydroxylation is 1. The number of alkyl halides is 3. The monoisotopic (exact) mass is 430 g/mol. The number of hydrogen-bond donors (Lipinski definition) is 1. The first kappa shape index (κ1) is 22.5. The Balaban J connectivity index is 2.10. The molecule has 2 N–H and O–H groups in total. The largest absolute Gasteiger partial charge is 0.573 e. The predicted octanol–water partition coefficient (Wildman–Crippen LogP) is 5.66. The molecule has 0 fully saturated rings. The fraction of sp³-hybridized carbons (Fsp3) is 0.292. The van der Waals surface area contributed by atoms with E-state index in [4.69, 9.17) is 5.73 Å². The van der Waals surface area contributed by atoms with Gasteiger partial charge < -0.3 is 15.0 Å². The van der Waals surface area contributed by atoms with Gasteiger partial charge in [-0.05, 0) is 43.0 Å². The van der Waals surface area contributed by atoms with Crippen molar-refractivity contribution in [2.75, 3.05) is 0 Å². The summed E-state index contributed by atoms with van der Waals surface area (Å²) in [5.41, 5.74) is 9.85. The van der Waals surface area contributed by atoms with E-state index in [1.807, 2.05) is 44.2 Å². The van der Waals surface area contributed by atoms with Crippen LogP contribution >= 0.6 is 0 Å². The maximum atomic E-state index is 12.7. The molecule has 0 spiro atoms. The van der Waals surface area contributed by atoms with Gasteiger partial charge in [-0.15, -0.1) is 13.2 Å². The van der Waals surface area contributed by atoms with E-state index in [0.717, 1.165) is 24.1 Å². The summed E-state index contributed by atoms with van der Waals surface area (Å²) in [5, 5.41) is 0. The van der Waals surface area contributed by atoms with E-state index in [0.29, 0.717) is 35.3 Å². The van der Waals surface area contributed by atoms with E-state index in [-0.39, 0.29) is 5.75 Å². The van der Waals surface area contributed by atoms with Gasteiger partial charge in [-0.2, -0.15) is 0 Å². The quantitative estimate of drug-likeness (QED) is 0.502. The summed E-state index contributed by atoms with van der Waals surface area (Å²) in [7, 11) is 0. The van der Waals surface area contributed by atoms with Crippen LogP contribution in [-0.4, -0.2) is 16.8 Å². The lowest BCUT2D eigenvalue weighted by molar-refractivity contribution is -0.274. The van der Waals surface area contributed by atoms with Crippen LogP contribution in [0.5, 0.6) is 5.75 Å². The Morgan fingerprint density at radius 3 is 2.39 bits per heavy atom. The first-order valence-corrected chi connectivity index (χ1v) is 10.1. The molecule has 1 amide bonds. The van der Waals surface area contributed by atoms with Crippen LogP contribution in [0.2, 0.25) is 0 Å². The first-order valence-electron chi connectivity index (χ1n) is 10.1. The van der Waals surface area contributed by atoms with E-state index in [1.54, 1.807) is 6.07 Å². The van der Waals surface area contributed by atoms with E-state index >= 15 is 0 Å². The number of nitrogens with zero attached hydrogens (tertiary/aromatic N) is 1. The number of ether oxygens (including phenoxy) is 1. The second kappa shape index (κ2) is 9.29. The molecule has 0 aliphatic rings. The Bertz CT molecular complexity index is 1060. The summed E-state index contributed by atoms with van der Waals surface area (Å²) in [5.74, 6) is -0.942. The van der Waals surface area contributed by atoms with Gasteiger partial charge in [0.1, 0.15) is 5.75 Å². The third-order valence-corrected chi connectivity index (χ3v) is 5.19. The van der Waals surface area contributed by atoms with Gasteiger partial charge in [-0.1, -0.05) is 55.8 Å². The molecule has 7 heteroatoms. The standard InChI is InChI=1S/C24H25F3N2O2/c1-3-8-20-22(18-11-7-12-19(15-18)31-24(25,26)27)21(23(28)30)16(2)29(20)14-13-17-9-5-4-6-10-17/h4-7,9-12,15H,3,8,13-14H2,1-2H3,(H2,28,30). The van der Waals surface area contributed by atoms with E-state index in [1.165, 1.54) is 18.2 Å². The molecule has 0 atom stereocenters. The SMILES string of the molecule is CCCc1c(-c2cccc(OC(F)(F)F)c2)c(C(N)=O)c(C)n1CCc1ccccc1. The summed E-state index contributed by atoms with van der Waals surface area (Å²) in [6.45, 7) is 4.47. The van der Waals surface area contributed by atoms with Crippen LogP contribution in [0.25, 0.3) is 11.1 Å². The van der Waals surface area contributed by atoms with E-state index in [9.17, 15) is 18.0 Å². The smallest absolute Gasteiger partial charge is 0.406 e. The highest BCUT2D eigenvalue weighted by Crippen LogP contribution is 2.36. The molecule has 0 bridgehead atoms. The number of primary amides is 1. The lowest BCUT2D eigenvalue weighted by Gasteiger charge is -2.14. The third kappa shape index (κ3) is 5.29. The van der Waals surface area contributed by atoms with Gasteiger partial charge in [0.2, 0.25) is 0 Å². The molecule has 0 saturated heterocycles. The molecule has 164 valence electrons. The molecule has 0 aliphatic carbocycles.